The van der Waals surface area contributed by atoms with E-state index in [0.29, 0.717) is 36.8 Å². The number of rotatable bonds is 11. The fourth-order valence-electron chi connectivity index (χ4n) is 7.58. The molecule has 3 aromatic rings. The van der Waals surface area contributed by atoms with Crippen LogP contribution >= 0.6 is 0 Å². The molecule has 4 aliphatic rings. The first-order chi connectivity index (χ1) is 24.0. The molecule has 1 saturated carbocycles. The number of hydrogen-bond donors (Lipinski definition) is 2. The number of carbonyl (C=O) groups is 3. The Bertz CT molecular complexity index is 1920. The molecule has 1 aromatic heterocycles. The van der Waals surface area contributed by atoms with Gasteiger partial charge in [-0.1, -0.05) is 0 Å². The number of benzene rings is 2. The van der Waals surface area contributed by atoms with Gasteiger partial charge in [0.05, 0.1) is 36.8 Å². The molecule has 0 spiro atoms. The minimum atomic E-state index is -1.36. The smallest absolute Gasteiger partial charge is 0.414 e. The Balaban J connectivity index is 1.04. The molecule has 0 bridgehead atoms. The number of anilines is 2. The van der Waals surface area contributed by atoms with E-state index in [-0.39, 0.29) is 60.3 Å². The van der Waals surface area contributed by atoms with Crippen LogP contribution in [0.25, 0.3) is 10.9 Å². The predicted molar refractivity (Wildman–Crippen MR) is 178 cm³/mol. The van der Waals surface area contributed by atoms with Gasteiger partial charge in [-0.25, -0.2) is 18.4 Å². The SMILES string of the molecule is COc1c(N2CCC3CCN(CCOc4ccc(N5CC(CNC(C)=O)OC5=O)cc4F)C3C2)c(F)cc2c(=O)c(C(=O)O)cn(C3CC3)c12. The zero-order chi connectivity index (χ0) is 35.3. The van der Waals surface area contributed by atoms with Crippen molar-refractivity contribution < 1.29 is 42.5 Å². The lowest BCUT2D eigenvalue weighted by Crippen LogP contribution is -2.49. The van der Waals surface area contributed by atoms with Crippen molar-refractivity contribution in [1.82, 2.24) is 14.8 Å². The molecule has 15 heteroatoms. The van der Waals surface area contributed by atoms with Gasteiger partial charge in [0, 0.05) is 50.9 Å². The molecule has 7 rings (SSSR count). The van der Waals surface area contributed by atoms with E-state index in [1.54, 1.807) is 10.6 Å². The summed E-state index contributed by atoms with van der Waals surface area (Å²) in [7, 11) is 1.43. The van der Waals surface area contributed by atoms with Crippen LogP contribution in [0.15, 0.2) is 35.3 Å². The highest BCUT2D eigenvalue weighted by Gasteiger charge is 2.40. The molecule has 2 aromatic carbocycles. The number of nitrogens with zero attached hydrogens (tertiary/aromatic N) is 4. The van der Waals surface area contributed by atoms with Gasteiger partial charge in [0.2, 0.25) is 11.3 Å². The summed E-state index contributed by atoms with van der Waals surface area (Å²) in [6, 6.07) is 5.51. The van der Waals surface area contributed by atoms with Gasteiger partial charge in [-0.2, -0.15) is 0 Å². The van der Waals surface area contributed by atoms with Gasteiger partial charge in [-0.05, 0) is 56.3 Å². The molecule has 2 amide bonds. The summed E-state index contributed by atoms with van der Waals surface area (Å²) in [6.45, 7) is 4.32. The Labute approximate surface area is 286 Å². The van der Waals surface area contributed by atoms with Gasteiger partial charge in [-0.15, -0.1) is 0 Å². The lowest BCUT2D eigenvalue weighted by atomic mass is 9.91. The lowest BCUT2D eigenvalue weighted by molar-refractivity contribution is -0.119. The Morgan fingerprint density at radius 2 is 1.84 bits per heavy atom. The lowest BCUT2D eigenvalue weighted by Gasteiger charge is -2.40. The number of methoxy groups -OCH3 is 1. The molecular formula is C35H39F2N5O8. The Kier molecular flexibility index (Phi) is 9.01. The summed E-state index contributed by atoms with van der Waals surface area (Å²) in [6.07, 6.45) is 3.61. The number of piperidine rings is 1. The Morgan fingerprint density at radius 1 is 1.06 bits per heavy atom. The number of fused-ring (bicyclic) bond motifs is 2. The monoisotopic (exact) mass is 695 g/mol. The fourth-order valence-corrected chi connectivity index (χ4v) is 7.58. The van der Waals surface area contributed by atoms with Gasteiger partial charge in [0.25, 0.3) is 0 Å². The number of aromatic carboxylic acids is 1. The molecule has 3 atom stereocenters. The number of likely N-dealkylation sites (tertiary alicyclic amines) is 1. The minimum Gasteiger partial charge on any atom is -0.492 e. The van der Waals surface area contributed by atoms with E-state index in [0.717, 1.165) is 38.3 Å². The van der Waals surface area contributed by atoms with Crippen molar-refractivity contribution in [2.45, 2.75) is 50.8 Å². The predicted octanol–water partition coefficient (Wildman–Crippen LogP) is 3.76. The molecule has 266 valence electrons. The zero-order valence-corrected chi connectivity index (χ0v) is 27.8. The van der Waals surface area contributed by atoms with Crippen molar-refractivity contribution in [1.29, 1.82) is 0 Å². The van der Waals surface area contributed by atoms with Gasteiger partial charge in [0.1, 0.15) is 24.0 Å². The maximum Gasteiger partial charge on any atom is 0.414 e. The second-order valence-corrected chi connectivity index (χ2v) is 13.4. The first kappa shape index (κ1) is 33.6. The van der Waals surface area contributed by atoms with Gasteiger partial charge < -0.3 is 34.1 Å². The van der Waals surface area contributed by atoms with Gasteiger partial charge >= 0.3 is 12.1 Å². The Morgan fingerprint density at radius 3 is 2.54 bits per heavy atom. The maximum atomic E-state index is 16.0. The van der Waals surface area contributed by atoms with Crippen LogP contribution in [0.3, 0.4) is 0 Å². The van der Waals surface area contributed by atoms with Crippen LogP contribution in [0.1, 0.15) is 49.0 Å². The number of carbonyl (C=O) groups excluding carboxylic acids is 2. The van der Waals surface area contributed by atoms with Crippen LogP contribution in [-0.4, -0.2) is 97.7 Å². The maximum absolute atomic E-state index is 16.0. The van der Waals surface area contributed by atoms with Crippen LogP contribution in [0.4, 0.5) is 25.0 Å². The first-order valence-electron chi connectivity index (χ1n) is 16.9. The molecule has 3 saturated heterocycles. The number of amides is 2. The van der Waals surface area contributed by atoms with E-state index in [2.05, 4.69) is 10.2 Å². The third kappa shape index (κ3) is 6.30. The van der Waals surface area contributed by atoms with Crippen molar-refractivity contribution in [2.75, 3.05) is 62.8 Å². The summed E-state index contributed by atoms with van der Waals surface area (Å²) in [4.78, 5) is 54.0. The van der Waals surface area contributed by atoms with E-state index >= 15 is 8.78 Å². The molecule has 1 aliphatic carbocycles. The van der Waals surface area contributed by atoms with Crippen LogP contribution in [-0.2, 0) is 9.53 Å². The van der Waals surface area contributed by atoms with E-state index < -0.39 is 40.8 Å². The molecule has 4 fully saturated rings. The van der Waals surface area contributed by atoms with Crippen LogP contribution < -0.4 is 30.0 Å². The first-order valence-corrected chi connectivity index (χ1v) is 16.9. The molecule has 3 unspecified atom stereocenters. The topological polar surface area (TPSA) is 143 Å². The molecular weight excluding hydrogens is 656 g/mol. The average Bonchev–Trinajstić information content (AvgIpc) is 3.75. The van der Waals surface area contributed by atoms with Crippen molar-refractivity contribution >= 4 is 40.2 Å². The van der Waals surface area contributed by atoms with Gasteiger partial charge in [-0.3, -0.25) is 19.4 Å². The fraction of sp³-hybridized carbons (Fsp3) is 0.486. The van der Waals surface area contributed by atoms with Crippen molar-refractivity contribution in [3.05, 3.63) is 57.9 Å². The standard InChI is InChI=1S/C35H39F2N5O8/c1-19(43)38-15-23-16-42(35(47)50-23)22-5-6-29(26(36)13-22)49-12-11-39-9-7-20-8-10-40(18-28(20)39)31-27(37)14-24-30(33(31)48-2)41(21-3-4-21)17-25(32(24)44)34(45)46/h5-6,13-14,17,20-21,23,28H,3-4,7-12,15-16,18H2,1-2H3,(H,38,43)(H,45,46). The van der Waals surface area contributed by atoms with E-state index in [4.69, 9.17) is 14.2 Å². The number of pyridine rings is 1. The molecule has 4 heterocycles. The van der Waals surface area contributed by atoms with E-state index in [9.17, 15) is 24.3 Å². The number of ether oxygens (including phenoxy) is 3. The van der Waals surface area contributed by atoms with E-state index in [1.807, 2.05) is 4.90 Å². The molecule has 0 radical (unpaired) electrons. The molecule has 50 heavy (non-hydrogen) atoms. The van der Waals surface area contributed by atoms with Crippen molar-refractivity contribution in [3.63, 3.8) is 0 Å². The second-order valence-electron chi connectivity index (χ2n) is 13.4. The van der Waals surface area contributed by atoms with Gasteiger partial charge in [0.15, 0.2) is 23.1 Å². The highest BCUT2D eigenvalue weighted by molar-refractivity contribution is 5.97. The number of halogens is 2. The quantitative estimate of drug-likeness (QED) is 0.305. The number of nitrogens with one attached hydrogen (secondary N) is 1. The summed E-state index contributed by atoms with van der Waals surface area (Å²) in [5, 5.41) is 12.2. The number of hydrogen-bond acceptors (Lipinski definition) is 9. The molecule has 3 aliphatic heterocycles. The molecule has 2 N–H and O–H groups in total. The van der Waals surface area contributed by atoms with E-state index in [1.165, 1.54) is 37.3 Å². The molecule has 13 nitrogen and oxygen atoms in total. The highest BCUT2D eigenvalue weighted by atomic mass is 19.1. The number of carboxylic acid groups (broad SMARTS) is 1. The third-order valence-corrected chi connectivity index (χ3v) is 10.2. The van der Waals surface area contributed by atoms with Crippen LogP contribution in [0, 0.1) is 17.6 Å². The third-order valence-electron chi connectivity index (χ3n) is 10.2. The second kappa shape index (κ2) is 13.4. The normalized spacial score (nSPS) is 22.1. The highest BCUT2D eigenvalue weighted by Crippen LogP contribution is 2.45. The number of cyclic esters (lactones) is 1. The average molecular weight is 696 g/mol. The largest absolute Gasteiger partial charge is 0.492 e. The van der Waals surface area contributed by atoms with Crippen LogP contribution in [0.5, 0.6) is 11.5 Å². The number of carboxylic acids is 1. The minimum absolute atomic E-state index is 0.00533. The van der Waals surface area contributed by atoms with Crippen LogP contribution in [0.2, 0.25) is 0 Å². The van der Waals surface area contributed by atoms with Crippen molar-refractivity contribution in [2.24, 2.45) is 5.92 Å². The Hall–Kier alpha value is -4.92. The number of aromatic nitrogens is 1. The zero-order valence-electron chi connectivity index (χ0n) is 27.8. The summed E-state index contributed by atoms with van der Waals surface area (Å²) >= 11 is 0. The summed E-state index contributed by atoms with van der Waals surface area (Å²) in [5.41, 5.74) is -0.166. The summed E-state index contributed by atoms with van der Waals surface area (Å²) in [5.74, 6) is -2.21. The summed E-state index contributed by atoms with van der Waals surface area (Å²) < 4.78 is 49.7. The van der Waals surface area contributed by atoms with Crippen molar-refractivity contribution in [3.8, 4) is 11.5 Å².